The van der Waals surface area contributed by atoms with Crippen LogP contribution in [0.1, 0.15) is 24.5 Å². The van der Waals surface area contributed by atoms with Gasteiger partial charge in [0.2, 0.25) is 0 Å². The highest BCUT2D eigenvalue weighted by Crippen LogP contribution is 2.28. The van der Waals surface area contributed by atoms with Gasteiger partial charge in [-0.25, -0.2) is 9.69 Å². The van der Waals surface area contributed by atoms with Gasteiger partial charge in [-0.3, -0.25) is 14.9 Å². The summed E-state index contributed by atoms with van der Waals surface area (Å²) in [5, 5.41) is 2.23. The monoisotopic (exact) mass is 442 g/mol. The zero-order valence-electron chi connectivity index (χ0n) is 15.5. The van der Waals surface area contributed by atoms with E-state index in [0.29, 0.717) is 23.6 Å². The highest BCUT2D eigenvalue weighted by atomic mass is 79.9. The number of amides is 4. The molecule has 0 aliphatic carbocycles. The van der Waals surface area contributed by atoms with Crippen molar-refractivity contribution in [1.29, 1.82) is 0 Å². The Balaban J connectivity index is 2.03. The quantitative estimate of drug-likeness (QED) is 0.555. The molecule has 144 valence electrons. The number of anilines is 1. The second-order valence-electron chi connectivity index (χ2n) is 6.33. The van der Waals surface area contributed by atoms with E-state index in [1.165, 1.54) is 6.08 Å². The number of ether oxygens (including phenoxy) is 1. The molecular weight excluding hydrogens is 424 g/mol. The molecule has 0 bridgehead atoms. The number of hydrogen-bond acceptors (Lipinski definition) is 4. The molecule has 6 nitrogen and oxygen atoms in total. The van der Waals surface area contributed by atoms with Crippen LogP contribution in [0.4, 0.5) is 10.5 Å². The van der Waals surface area contributed by atoms with Crippen molar-refractivity contribution >= 4 is 45.5 Å². The summed E-state index contributed by atoms with van der Waals surface area (Å²) in [6, 6.07) is 11.5. The van der Waals surface area contributed by atoms with Gasteiger partial charge in [0.15, 0.2) is 0 Å². The molecule has 1 aliphatic rings. The van der Waals surface area contributed by atoms with E-state index < -0.39 is 17.8 Å². The first-order chi connectivity index (χ1) is 13.4. The minimum absolute atomic E-state index is 0.138. The summed E-state index contributed by atoms with van der Waals surface area (Å²) in [6.07, 6.45) is 2.27. The number of barbiturate groups is 1. The Bertz CT molecular complexity index is 984. The van der Waals surface area contributed by atoms with Gasteiger partial charge in [-0.15, -0.1) is 0 Å². The number of hydrogen-bond donors (Lipinski definition) is 1. The maximum Gasteiger partial charge on any atom is 0.335 e. The maximum absolute atomic E-state index is 13.0. The molecule has 1 heterocycles. The van der Waals surface area contributed by atoms with E-state index in [1.807, 2.05) is 26.0 Å². The molecule has 2 aromatic carbocycles. The fraction of sp³-hybridized carbons (Fsp3) is 0.190. The lowest BCUT2D eigenvalue weighted by Gasteiger charge is -2.26. The molecule has 0 saturated carbocycles. The normalized spacial score (nSPS) is 15.8. The summed E-state index contributed by atoms with van der Waals surface area (Å²) in [5.41, 5.74) is 1.72. The lowest BCUT2D eigenvalue weighted by atomic mass is 10.1. The van der Waals surface area contributed by atoms with E-state index in [2.05, 4.69) is 21.2 Å². The summed E-state index contributed by atoms with van der Waals surface area (Å²) in [4.78, 5) is 38.6. The fourth-order valence-electron chi connectivity index (χ4n) is 2.79. The SMILES string of the molecule is CCCOc1ccc(Br)cc1/C=C1\C(=O)NC(=O)N(c2cccc(C)c2)C1=O. The van der Waals surface area contributed by atoms with Crippen molar-refractivity contribution < 1.29 is 19.1 Å². The lowest BCUT2D eigenvalue weighted by Crippen LogP contribution is -2.54. The first kappa shape index (κ1) is 19.8. The van der Waals surface area contributed by atoms with Crippen molar-refractivity contribution in [3.8, 4) is 5.75 Å². The first-order valence-corrected chi connectivity index (χ1v) is 9.60. The Morgan fingerprint density at radius 2 is 1.93 bits per heavy atom. The van der Waals surface area contributed by atoms with Crippen molar-refractivity contribution in [3.63, 3.8) is 0 Å². The van der Waals surface area contributed by atoms with Gasteiger partial charge in [-0.05, 0) is 55.3 Å². The van der Waals surface area contributed by atoms with Crippen molar-refractivity contribution in [2.24, 2.45) is 0 Å². The second-order valence-corrected chi connectivity index (χ2v) is 7.24. The van der Waals surface area contributed by atoms with Crippen molar-refractivity contribution in [2.45, 2.75) is 20.3 Å². The molecule has 4 amide bonds. The molecule has 7 heteroatoms. The number of carbonyl (C=O) groups excluding carboxylic acids is 3. The zero-order valence-corrected chi connectivity index (χ0v) is 17.1. The molecule has 28 heavy (non-hydrogen) atoms. The van der Waals surface area contributed by atoms with E-state index >= 15 is 0 Å². The highest BCUT2D eigenvalue weighted by Gasteiger charge is 2.37. The van der Waals surface area contributed by atoms with Crippen LogP contribution in [0, 0.1) is 6.92 Å². The number of nitrogens with one attached hydrogen (secondary N) is 1. The van der Waals surface area contributed by atoms with Gasteiger partial charge in [0, 0.05) is 10.0 Å². The molecular formula is C21H19BrN2O4. The van der Waals surface area contributed by atoms with Crippen molar-refractivity contribution in [3.05, 3.63) is 63.6 Å². The molecule has 1 N–H and O–H groups in total. The van der Waals surface area contributed by atoms with Gasteiger partial charge < -0.3 is 4.74 Å². The van der Waals surface area contributed by atoms with Gasteiger partial charge in [0.25, 0.3) is 11.8 Å². The average molecular weight is 443 g/mol. The first-order valence-electron chi connectivity index (χ1n) is 8.81. The molecule has 0 aromatic heterocycles. The number of urea groups is 1. The largest absolute Gasteiger partial charge is 0.493 e. The third-order valence-corrected chi connectivity index (χ3v) is 4.59. The summed E-state index contributed by atoms with van der Waals surface area (Å²) in [5.74, 6) is -0.863. The Labute approximate surface area is 171 Å². The Kier molecular flexibility index (Phi) is 5.94. The Hall–Kier alpha value is -2.93. The number of aryl methyl sites for hydroxylation is 1. The molecule has 0 radical (unpaired) electrons. The molecule has 3 rings (SSSR count). The van der Waals surface area contributed by atoms with E-state index in [9.17, 15) is 14.4 Å². The van der Waals surface area contributed by atoms with Gasteiger partial charge in [-0.2, -0.15) is 0 Å². The number of imide groups is 2. The van der Waals surface area contributed by atoms with Crippen LogP contribution < -0.4 is 15.0 Å². The fourth-order valence-corrected chi connectivity index (χ4v) is 3.17. The highest BCUT2D eigenvalue weighted by molar-refractivity contribution is 9.10. The van der Waals surface area contributed by atoms with Gasteiger partial charge in [0.1, 0.15) is 11.3 Å². The maximum atomic E-state index is 13.0. The molecule has 1 saturated heterocycles. The van der Waals surface area contributed by atoms with Crippen LogP contribution in [-0.4, -0.2) is 24.5 Å². The lowest BCUT2D eigenvalue weighted by molar-refractivity contribution is -0.122. The Morgan fingerprint density at radius 1 is 1.14 bits per heavy atom. The van der Waals surface area contributed by atoms with Crippen LogP contribution >= 0.6 is 15.9 Å². The molecule has 1 aliphatic heterocycles. The van der Waals surface area contributed by atoms with Crippen LogP contribution in [0.15, 0.2) is 52.5 Å². The van der Waals surface area contributed by atoms with Crippen LogP contribution in [0.3, 0.4) is 0 Å². The molecule has 0 atom stereocenters. The minimum Gasteiger partial charge on any atom is -0.493 e. The molecule has 0 unspecified atom stereocenters. The smallest absolute Gasteiger partial charge is 0.335 e. The van der Waals surface area contributed by atoms with Crippen LogP contribution in [0.5, 0.6) is 5.75 Å². The average Bonchev–Trinajstić information content (AvgIpc) is 2.64. The minimum atomic E-state index is -0.769. The summed E-state index contributed by atoms with van der Waals surface area (Å²) < 4.78 is 6.49. The predicted molar refractivity (Wildman–Crippen MR) is 110 cm³/mol. The van der Waals surface area contributed by atoms with Crippen LogP contribution in [0.25, 0.3) is 6.08 Å². The van der Waals surface area contributed by atoms with Crippen LogP contribution in [0.2, 0.25) is 0 Å². The number of carbonyl (C=O) groups is 3. The predicted octanol–water partition coefficient (Wildman–Crippen LogP) is 4.21. The third-order valence-electron chi connectivity index (χ3n) is 4.09. The summed E-state index contributed by atoms with van der Waals surface area (Å²) in [7, 11) is 0. The Morgan fingerprint density at radius 3 is 2.64 bits per heavy atom. The molecule has 0 spiro atoms. The number of benzene rings is 2. The standard InChI is InChI=1S/C21H19BrN2O4/c1-3-9-28-18-8-7-15(22)11-14(18)12-17-19(25)23-21(27)24(20(17)26)16-6-4-5-13(2)10-16/h4-8,10-12H,3,9H2,1-2H3,(H,23,25,27)/b17-12+. The number of nitrogens with zero attached hydrogens (tertiary/aromatic N) is 1. The van der Waals surface area contributed by atoms with Crippen molar-refractivity contribution in [2.75, 3.05) is 11.5 Å². The van der Waals surface area contributed by atoms with Gasteiger partial charge in [0.05, 0.1) is 12.3 Å². The summed E-state index contributed by atoms with van der Waals surface area (Å²) in [6.45, 7) is 4.35. The van der Waals surface area contributed by atoms with Gasteiger partial charge in [-0.1, -0.05) is 35.0 Å². The summed E-state index contributed by atoms with van der Waals surface area (Å²) >= 11 is 3.39. The van der Waals surface area contributed by atoms with E-state index in [0.717, 1.165) is 21.4 Å². The van der Waals surface area contributed by atoms with Gasteiger partial charge >= 0.3 is 6.03 Å². The number of rotatable bonds is 5. The molecule has 1 fully saturated rings. The van der Waals surface area contributed by atoms with E-state index in [1.54, 1.807) is 30.3 Å². The number of halogens is 1. The van der Waals surface area contributed by atoms with Crippen molar-refractivity contribution in [1.82, 2.24) is 5.32 Å². The van der Waals surface area contributed by atoms with E-state index in [4.69, 9.17) is 4.74 Å². The topological polar surface area (TPSA) is 75.7 Å². The van der Waals surface area contributed by atoms with E-state index in [-0.39, 0.29) is 5.57 Å². The molecule has 2 aromatic rings. The third kappa shape index (κ3) is 4.14. The van der Waals surface area contributed by atoms with Crippen LogP contribution in [-0.2, 0) is 9.59 Å². The second kappa shape index (κ2) is 8.39. The zero-order chi connectivity index (χ0) is 20.3.